The first kappa shape index (κ1) is 43.9. The molecule has 9 rings (SSSR count). The molecule has 6 heterocycles. The summed E-state index contributed by atoms with van der Waals surface area (Å²) in [5.74, 6) is -5.73. The zero-order valence-corrected chi connectivity index (χ0v) is 35.7. The molecule has 2 aromatic carbocycles. The number of carbonyl (C=O) groups is 2. The van der Waals surface area contributed by atoms with Gasteiger partial charge in [-0.05, 0) is 46.2 Å². The highest BCUT2D eigenvalue weighted by atomic mass is 16.9. The van der Waals surface area contributed by atoms with E-state index in [-0.39, 0.29) is 59.3 Å². The van der Waals surface area contributed by atoms with E-state index in [1.165, 1.54) is 49.0 Å². The molecule has 0 radical (unpaired) electrons. The van der Waals surface area contributed by atoms with Gasteiger partial charge in [-0.25, -0.2) is 0 Å². The molecule has 62 heavy (non-hydrogen) atoms. The van der Waals surface area contributed by atoms with Gasteiger partial charge >= 0.3 is 5.97 Å². The average molecular weight is 879 g/mol. The molecule has 1 aliphatic carbocycles. The number of epoxide rings is 1. The number of aryl methyl sites for hydroxylation is 1. The summed E-state index contributed by atoms with van der Waals surface area (Å²) in [5, 5.41) is 68.3. The standard InChI is InChI=1S/C42H54O20/c1-15-10-20-27(31(48)29-28(32(20)51-7)22(11-21(45)30(29)47)58-25-13-38(6,49)35(16(2)55-25)57-19(5)44)33-26(15)34-36-41(60-33,39(14-54-39)42(61-34,62-36)37(52-8)53-9)59-24-12-23(46)40(50,17(3)43)18(4)56-24/h10,16-18,21-25,34-37,43,45-46,48-50H,11-14H2,1-9H3/t16?,17-,18?,21+,22+,23?,24?,25?,34?,35?,36?,38?,39+,40?,41-,42?/m1/s1. The van der Waals surface area contributed by atoms with Crippen molar-refractivity contribution >= 4 is 22.5 Å². The van der Waals surface area contributed by atoms with Gasteiger partial charge in [0.05, 0.1) is 55.2 Å². The molecule has 2 bridgehead atoms. The van der Waals surface area contributed by atoms with E-state index in [1.807, 2.05) is 0 Å². The summed E-state index contributed by atoms with van der Waals surface area (Å²) in [6.07, 6.45) is -15.2. The second-order valence-corrected chi connectivity index (χ2v) is 17.7. The van der Waals surface area contributed by atoms with Crippen LogP contribution in [-0.2, 0) is 52.2 Å². The Hall–Kier alpha value is -3.32. The number of phenolic OH excluding ortho intramolecular Hbond substituents is 1. The molecule has 0 amide bonds. The van der Waals surface area contributed by atoms with Crippen molar-refractivity contribution in [3.05, 3.63) is 28.3 Å². The van der Waals surface area contributed by atoms with Crippen molar-refractivity contribution < 1.29 is 97.1 Å². The van der Waals surface area contributed by atoms with Crippen LogP contribution in [-0.4, -0.2) is 160 Å². The molecule has 5 fully saturated rings. The van der Waals surface area contributed by atoms with E-state index in [0.29, 0.717) is 11.1 Å². The summed E-state index contributed by atoms with van der Waals surface area (Å²) in [6, 6.07) is 1.72. The van der Waals surface area contributed by atoms with Gasteiger partial charge in [0, 0.05) is 56.9 Å². The second kappa shape index (κ2) is 14.6. The van der Waals surface area contributed by atoms with Gasteiger partial charge in [0.2, 0.25) is 11.9 Å². The SMILES string of the molecule is COc1c2c(c(O)c3c4c(c(C)cc13)C1OC3(C(OC)OC)OC1[C@@](OC1CC(O)C(O)([C@@H](C)O)C(C)O1)(O4)[C@@]31CO1)C(=O)[C@@H](O)C[C@@H]2OC1CC(C)(O)C(OC(C)=O)C(C)O1. The van der Waals surface area contributed by atoms with Crippen LogP contribution < -0.4 is 9.47 Å². The molecular weight excluding hydrogens is 824 g/mol. The van der Waals surface area contributed by atoms with E-state index in [2.05, 4.69) is 0 Å². The minimum atomic E-state index is -2.04. The number of rotatable bonds is 10. The number of hydrogen-bond donors (Lipinski definition) is 6. The minimum Gasteiger partial charge on any atom is -0.506 e. The van der Waals surface area contributed by atoms with Gasteiger partial charge in [-0.1, -0.05) is 0 Å². The van der Waals surface area contributed by atoms with Crippen molar-refractivity contribution in [2.24, 2.45) is 0 Å². The number of aliphatic hydroxyl groups is 5. The summed E-state index contributed by atoms with van der Waals surface area (Å²) >= 11 is 0. The number of Topliss-reactive ketones (excluding diaryl/α,β-unsaturated/α-hetero) is 1. The molecule has 11 unspecified atom stereocenters. The van der Waals surface area contributed by atoms with E-state index >= 15 is 0 Å². The molecule has 0 saturated carbocycles. The number of phenols is 1. The Morgan fingerprint density at radius 1 is 1.02 bits per heavy atom. The molecule has 6 aliphatic heterocycles. The van der Waals surface area contributed by atoms with E-state index in [4.69, 9.17) is 56.8 Å². The van der Waals surface area contributed by atoms with Gasteiger partial charge < -0.3 is 87.5 Å². The number of carbonyl (C=O) groups excluding carboxylic acids is 2. The fraction of sp³-hybridized carbons (Fsp3) is 0.714. The maximum Gasteiger partial charge on any atom is 0.303 e. The summed E-state index contributed by atoms with van der Waals surface area (Å²) < 4.78 is 75.1. The molecule has 5 saturated heterocycles. The first-order valence-corrected chi connectivity index (χ1v) is 20.7. The van der Waals surface area contributed by atoms with Crippen molar-refractivity contribution in [3.63, 3.8) is 0 Å². The van der Waals surface area contributed by atoms with Crippen LogP contribution in [0.25, 0.3) is 10.8 Å². The zero-order valence-electron chi connectivity index (χ0n) is 35.7. The number of esters is 1. The van der Waals surface area contributed by atoms with Gasteiger partial charge in [-0.15, -0.1) is 0 Å². The fourth-order valence-corrected chi connectivity index (χ4v) is 10.9. The average Bonchev–Trinajstić information content (AvgIpc) is 3.86. The lowest BCUT2D eigenvalue weighted by Crippen LogP contribution is -2.72. The Kier molecular flexibility index (Phi) is 10.3. The lowest BCUT2D eigenvalue weighted by Gasteiger charge is -2.52. The molecular formula is C42H54O20. The highest BCUT2D eigenvalue weighted by Gasteiger charge is 2.94. The van der Waals surface area contributed by atoms with Crippen LogP contribution in [0.15, 0.2) is 6.07 Å². The maximum absolute atomic E-state index is 14.1. The van der Waals surface area contributed by atoms with Crippen molar-refractivity contribution in [2.45, 2.75) is 163 Å². The number of fused-ring (bicyclic) bond motifs is 8. The van der Waals surface area contributed by atoms with Crippen LogP contribution in [0.3, 0.4) is 0 Å². The van der Waals surface area contributed by atoms with Gasteiger partial charge in [-0.3, -0.25) is 9.59 Å². The third-order valence-electron chi connectivity index (χ3n) is 13.9. The Morgan fingerprint density at radius 2 is 1.71 bits per heavy atom. The van der Waals surface area contributed by atoms with Crippen molar-refractivity contribution in [3.8, 4) is 17.2 Å². The van der Waals surface area contributed by atoms with Crippen LogP contribution in [0.4, 0.5) is 0 Å². The molecule has 1 spiro atoms. The lowest BCUT2D eigenvalue weighted by molar-refractivity contribution is -0.390. The Labute approximate surface area is 355 Å². The quantitative estimate of drug-likeness (QED) is 0.110. The highest BCUT2D eigenvalue weighted by Crippen LogP contribution is 2.72. The number of ketones is 1. The summed E-state index contributed by atoms with van der Waals surface area (Å²) in [4.78, 5) is 25.9. The minimum absolute atomic E-state index is 0.00701. The molecule has 0 aromatic heterocycles. The normalized spacial score (nSPS) is 43.4. The van der Waals surface area contributed by atoms with Gasteiger partial charge in [0.25, 0.3) is 11.6 Å². The van der Waals surface area contributed by atoms with Crippen molar-refractivity contribution in [1.29, 1.82) is 0 Å². The summed E-state index contributed by atoms with van der Waals surface area (Å²) in [5.41, 5.74) is -4.49. The zero-order chi connectivity index (χ0) is 44.8. The second-order valence-electron chi connectivity index (χ2n) is 17.7. The molecule has 6 N–H and O–H groups in total. The molecule has 7 aliphatic rings. The molecule has 20 nitrogen and oxygen atoms in total. The maximum atomic E-state index is 14.1. The molecule has 342 valence electrons. The Balaban J connectivity index is 1.18. The summed E-state index contributed by atoms with van der Waals surface area (Å²) in [6.45, 7) is 8.85. The third-order valence-corrected chi connectivity index (χ3v) is 13.9. The van der Waals surface area contributed by atoms with Crippen LogP contribution in [0.5, 0.6) is 17.2 Å². The number of methoxy groups -OCH3 is 3. The number of hydrogen-bond acceptors (Lipinski definition) is 20. The van der Waals surface area contributed by atoms with Crippen LogP contribution in [0.1, 0.15) is 93.1 Å². The smallest absolute Gasteiger partial charge is 0.303 e. The topological polar surface area (TPSA) is 270 Å². The van der Waals surface area contributed by atoms with E-state index in [9.17, 15) is 40.2 Å². The largest absolute Gasteiger partial charge is 0.506 e. The van der Waals surface area contributed by atoms with Crippen LogP contribution in [0.2, 0.25) is 0 Å². The Morgan fingerprint density at radius 3 is 2.29 bits per heavy atom. The van der Waals surface area contributed by atoms with Gasteiger partial charge in [-0.2, -0.15) is 0 Å². The monoisotopic (exact) mass is 878 g/mol. The summed E-state index contributed by atoms with van der Waals surface area (Å²) in [7, 11) is 4.17. The Bertz CT molecular complexity index is 2150. The van der Waals surface area contributed by atoms with E-state index in [0.717, 1.165) is 0 Å². The number of aromatic hydroxyl groups is 1. The van der Waals surface area contributed by atoms with E-state index < -0.39 is 120 Å². The predicted octanol–water partition coefficient (Wildman–Crippen LogP) is 0.952. The third kappa shape index (κ3) is 5.76. The fourth-order valence-electron chi connectivity index (χ4n) is 10.9. The van der Waals surface area contributed by atoms with Gasteiger partial charge in [0.1, 0.15) is 40.7 Å². The first-order valence-electron chi connectivity index (χ1n) is 20.7. The lowest BCUT2D eigenvalue weighted by atomic mass is 9.77. The van der Waals surface area contributed by atoms with Crippen molar-refractivity contribution in [2.75, 3.05) is 27.9 Å². The molecule has 2 aromatic rings. The molecule has 20 heteroatoms. The van der Waals surface area contributed by atoms with Crippen molar-refractivity contribution in [1.82, 2.24) is 0 Å². The number of ether oxygens (including phenoxy) is 12. The van der Waals surface area contributed by atoms with E-state index in [1.54, 1.807) is 19.9 Å². The number of benzene rings is 2. The van der Waals surface area contributed by atoms with Crippen LogP contribution in [0, 0.1) is 6.92 Å². The number of aliphatic hydroxyl groups excluding tert-OH is 3. The first-order chi connectivity index (χ1) is 29.2. The predicted molar refractivity (Wildman–Crippen MR) is 205 cm³/mol. The van der Waals surface area contributed by atoms with Crippen LogP contribution >= 0.6 is 0 Å². The molecule has 16 atom stereocenters. The van der Waals surface area contributed by atoms with Gasteiger partial charge in [0.15, 0.2) is 30.6 Å². The highest BCUT2D eigenvalue weighted by molar-refractivity contribution is 6.13.